The molecule has 242 valence electrons. The molecule has 0 radical (unpaired) electrons. The standard InChI is InChI=1S/C36H14F6N6O2/c37-35(38,39)23-5-1-17(2-6-23)25-10-20-9-19-11-27(18-3-7-24(8-4-18)36(40,41)42)31-30(48-34(49-31)22(15-45)16-46)26(19)12-28(20)32-29(25)47-33(50-32)21(13-43)14-44/h1-12,47-48H. The molecule has 2 aliphatic rings. The summed E-state index contributed by atoms with van der Waals surface area (Å²) >= 11 is 0. The van der Waals surface area contributed by atoms with Crippen LogP contribution in [0.15, 0.2) is 95.7 Å². The van der Waals surface area contributed by atoms with Crippen molar-refractivity contribution >= 4 is 32.9 Å². The first-order valence-corrected chi connectivity index (χ1v) is 14.3. The lowest BCUT2D eigenvalue weighted by Gasteiger charge is -2.15. The summed E-state index contributed by atoms with van der Waals surface area (Å²) in [6, 6.07) is 22.4. The zero-order valence-electron chi connectivity index (χ0n) is 24.8. The minimum atomic E-state index is -4.58. The fourth-order valence-corrected chi connectivity index (χ4v) is 5.79. The molecule has 0 aliphatic carbocycles. The molecule has 0 saturated heterocycles. The molecule has 8 nitrogen and oxygen atoms in total. The van der Waals surface area contributed by atoms with Crippen LogP contribution in [0.3, 0.4) is 0 Å². The molecule has 0 unspecified atom stereocenters. The maximum Gasteiger partial charge on any atom is 0.416 e. The maximum absolute atomic E-state index is 13.3. The Labute approximate surface area is 277 Å². The van der Waals surface area contributed by atoms with E-state index in [0.717, 1.165) is 24.3 Å². The van der Waals surface area contributed by atoms with Crippen LogP contribution >= 0.6 is 0 Å². The SMILES string of the molecule is N#CC(C#N)=C1Nc2c(c(-c3ccc(C(F)(F)F)cc3)cc3cc4cc(-c5ccc(C(F)(F)F)cc5)c5c(c4cc23)OC(=C(C#N)C#N)N5)O1. The topological polar surface area (TPSA) is 138 Å². The number of fused-ring (bicyclic) bond motifs is 6. The van der Waals surface area contributed by atoms with E-state index in [1.807, 2.05) is 0 Å². The predicted octanol–water partition coefficient (Wildman–Crippen LogP) is 9.49. The van der Waals surface area contributed by atoms with Crippen molar-refractivity contribution < 1.29 is 35.8 Å². The van der Waals surface area contributed by atoms with Gasteiger partial charge in [-0.2, -0.15) is 47.4 Å². The van der Waals surface area contributed by atoms with Gasteiger partial charge < -0.3 is 20.1 Å². The average molecular weight is 677 g/mol. The molecular formula is C36H14F6N6O2. The van der Waals surface area contributed by atoms with Gasteiger partial charge in [0.05, 0.1) is 22.5 Å². The molecule has 0 atom stereocenters. The van der Waals surface area contributed by atoms with Gasteiger partial charge in [0.25, 0.3) is 0 Å². The molecule has 2 aliphatic heterocycles. The lowest BCUT2D eigenvalue weighted by Crippen LogP contribution is -2.04. The smallest absolute Gasteiger partial charge is 0.416 e. The Balaban J connectivity index is 1.50. The first-order valence-electron chi connectivity index (χ1n) is 14.3. The second kappa shape index (κ2) is 11.2. The zero-order chi connectivity index (χ0) is 35.5. The number of nitrogens with zero attached hydrogens (tertiary/aromatic N) is 4. The first kappa shape index (κ1) is 31.4. The largest absolute Gasteiger partial charge is 0.436 e. The summed E-state index contributed by atoms with van der Waals surface area (Å²) < 4.78 is 92.0. The first-order chi connectivity index (χ1) is 23.8. The van der Waals surface area contributed by atoms with Gasteiger partial charge in [0.2, 0.25) is 11.8 Å². The van der Waals surface area contributed by atoms with Gasteiger partial charge in [-0.25, -0.2) is 0 Å². The molecule has 5 aromatic carbocycles. The molecule has 2 N–H and O–H groups in total. The minimum Gasteiger partial charge on any atom is -0.436 e. The number of ether oxygens (including phenoxy) is 2. The lowest BCUT2D eigenvalue weighted by atomic mass is 9.92. The average Bonchev–Trinajstić information content (AvgIpc) is 3.74. The van der Waals surface area contributed by atoms with Crippen molar-refractivity contribution in [2.24, 2.45) is 0 Å². The van der Waals surface area contributed by atoms with Gasteiger partial charge >= 0.3 is 12.4 Å². The van der Waals surface area contributed by atoms with Crippen molar-refractivity contribution in [2.75, 3.05) is 10.6 Å². The number of halogens is 6. The third-order valence-electron chi connectivity index (χ3n) is 8.14. The molecule has 5 aromatic rings. The van der Waals surface area contributed by atoms with Crippen LogP contribution in [0.4, 0.5) is 37.7 Å². The number of alkyl halides is 6. The van der Waals surface area contributed by atoms with Gasteiger partial charge in [0, 0.05) is 21.9 Å². The third-order valence-corrected chi connectivity index (χ3v) is 8.14. The van der Waals surface area contributed by atoms with E-state index >= 15 is 0 Å². The highest BCUT2D eigenvalue weighted by atomic mass is 19.4. The van der Waals surface area contributed by atoms with Gasteiger partial charge in [0.15, 0.2) is 22.6 Å². The molecule has 0 bridgehead atoms. The molecule has 50 heavy (non-hydrogen) atoms. The van der Waals surface area contributed by atoms with Crippen LogP contribution in [0.25, 0.3) is 43.8 Å². The summed E-state index contributed by atoms with van der Waals surface area (Å²) in [5, 5.41) is 45.9. The Morgan fingerprint density at radius 3 is 1.46 bits per heavy atom. The van der Waals surface area contributed by atoms with Gasteiger partial charge in [-0.15, -0.1) is 0 Å². The normalized spacial score (nSPS) is 13.1. The number of rotatable bonds is 2. The van der Waals surface area contributed by atoms with Crippen molar-refractivity contribution in [1.29, 1.82) is 21.0 Å². The predicted molar refractivity (Wildman–Crippen MR) is 167 cm³/mol. The minimum absolute atomic E-state index is 0.128. The monoisotopic (exact) mass is 676 g/mol. The number of benzene rings is 5. The van der Waals surface area contributed by atoms with Crippen molar-refractivity contribution in [3.63, 3.8) is 0 Å². The number of hydrogen-bond donors (Lipinski definition) is 2. The van der Waals surface area contributed by atoms with E-state index in [0.29, 0.717) is 43.8 Å². The van der Waals surface area contributed by atoms with E-state index in [9.17, 15) is 47.4 Å². The van der Waals surface area contributed by atoms with Crippen LogP contribution in [0.1, 0.15) is 11.1 Å². The summed E-state index contributed by atoms with van der Waals surface area (Å²) in [5.74, 6) is -0.0942. The number of anilines is 2. The second-order valence-electron chi connectivity index (χ2n) is 11.0. The van der Waals surface area contributed by atoms with Crippen LogP contribution in [-0.2, 0) is 12.4 Å². The van der Waals surface area contributed by atoms with Crippen molar-refractivity contribution in [1.82, 2.24) is 0 Å². The molecular weight excluding hydrogens is 662 g/mol. The number of nitriles is 4. The Morgan fingerprint density at radius 2 is 0.960 bits per heavy atom. The van der Waals surface area contributed by atoms with E-state index in [-0.39, 0.29) is 40.2 Å². The Kier molecular flexibility index (Phi) is 7.06. The van der Waals surface area contributed by atoms with Crippen LogP contribution in [0, 0.1) is 45.3 Å². The van der Waals surface area contributed by atoms with Crippen LogP contribution in [0.5, 0.6) is 11.5 Å². The molecule has 0 fully saturated rings. The van der Waals surface area contributed by atoms with Crippen LogP contribution in [-0.4, -0.2) is 0 Å². The van der Waals surface area contributed by atoms with Crippen LogP contribution in [0.2, 0.25) is 0 Å². The van der Waals surface area contributed by atoms with Crippen molar-refractivity contribution in [3.05, 3.63) is 107 Å². The van der Waals surface area contributed by atoms with E-state index in [1.165, 1.54) is 24.3 Å². The van der Waals surface area contributed by atoms with E-state index in [1.54, 1.807) is 48.5 Å². The quantitative estimate of drug-likeness (QED) is 0.107. The van der Waals surface area contributed by atoms with Gasteiger partial charge in [0.1, 0.15) is 24.3 Å². The Hall–Kier alpha value is -7.16. The van der Waals surface area contributed by atoms with Crippen molar-refractivity contribution in [2.45, 2.75) is 12.4 Å². The van der Waals surface area contributed by atoms with Crippen molar-refractivity contribution in [3.8, 4) is 58.0 Å². The maximum atomic E-state index is 13.3. The highest BCUT2D eigenvalue weighted by Gasteiger charge is 2.33. The van der Waals surface area contributed by atoms with Gasteiger partial charge in [-0.1, -0.05) is 24.3 Å². The van der Waals surface area contributed by atoms with Crippen LogP contribution < -0.4 is 20.1 Å². The number of nitrogens with one attached hydrogen (secondary N) is 2. The molecule has 0 spiro atoms. The van der Waals surface area contributed by atoms with E-state index in [4.69, 9.17) is 9.47 Å². The Bertz CT molecular complexity index is 2340. The summed E-state index contributed by atoms with van der Waals surface area (Å²) in [5.41, 5.74) is -0.557. The van der Waals surface area contributed by atoms with E-state index < -0.39 is 29.1 Å². The van der Waals surface area contributed by atoms with E-state index in [2.05, 4.69) is 10.6 Å². The second-order valence-corrected chi connectivity index (χ2v) is 11.0. The highest BCUT2D eigenvalue weighted by molar-refractivity contribution is 6.13. The lowest BCUT2D eigenvalue weighted by molar-refractivity contribution is -0.138. The molecule has 0 aromatic heterocycles. The van der Waals surface area contributed by atoms with Gasteiger partial charge in [-0.3, -0.25) is 0 Å². The number of hydrogen-bond acceptors (Lipinski definition) is 8. The molecule has 0 saturated carbocycles. The fourth-order valence-electron chi connectivity index (χ4n) is 5.79. The summed E-state index contributed by atoms with van der Waals surface area (Å²) in [7, 11) is 0. The third kappa shape index (κ3) is 5.09. The summed E-state index contributed by atoms with van der Waals surface area (Å²) in [4.78, 5) is 0. The Morgan fingerprint density at radius 1 is 0.520 bits per heavy atom. The number of allylic oxidation sites excluding steroid dienone is 2. The summed E-state index contributed by atoms with van der Waals surface area (Å²) in [6.45, 7) is 0. The fraction of sp³-hybridized carbons (Fsp3) is 0.0556. The summed E-state index contributed by atoms with van der Waals surface area (Å²) in [6.07, 6.45) is -9.16. The molecule has 14 heteroatoms. The highest BCUT2D eigenvalue weighted by Crippen LogP contribution is 2.52. The molecule has 0 amide bonds. The molecule has 2 heterocycles. The van der Waals surface area contributed by atoms with Gasteiger partial charge in [-0.05, 0) is 70.4 Å². The zero-order valence-corrected chi connectivity index (χ0v) is 24.8. The molecule has 7 rings (SSSR count).